The summed E-state index contributed by atoms with van der Waals surface area (Å²) in [5.41, 5.74) is -1.04. The molecule has 1 aromatic carbocycles. The Morgan fingerprint density at radius 2 is 1.86 bits per heavy atom. The van der Waals surface area contributed by atoms with Gasteiger partial charge in [-0.25, -0.2) is 13.1 Å². The maximum Gasteiger partial charge on any atom is 0.273 e. The number of sulfonamides is 1. The standard InChI is InChI=1S/C13H20N2O5S/c1-3-13(4-2,10-16)14-21(19,20)9-11-7-5-6-8-12(11)15(17)18/h5-8,14,16H,3-4,9-10H2,1-2H3. The average Bonchev–Trinajstić information content (AvgIpc) is 2.45. The minimum Gasteiger partial charge on any atom is -0.394 e. The van der Waals surface area contributed by atoms with Crippen molar-refractivity contribution in [2.45, 2.75) is 38.0 Å². The molecule has 1 rings (SSSR count). The quantitative estimate of drug-likeness (QED) is 0.559. The number of hydrogen-bond acceptors (Lipinski definition) is 5. The number of para-hydroxylation sites is 1. The highest BCUT2D eigenvalue weighted by Crippen LogP contribution is 2.22. The molecular weight excluding hydrogens is 296 g/mol. The molecule has 0 aliphatic heterocycles. The lowest BCUT2D eigenvalue weighted by Gasteiger charge is -2.30. The van der Waals surface area contributed by atoms with Crippen LogP contribution in [0.5, 0.6) is 0 Å². The third-order valence-corrected chi connectivity index (χ3v) is 5.00. The van der Waals surface area contributed by atoms with Crippen LogP contribution in [0.1, 0.15) is 32.3 Å². The summed E-state index contributed by atoms with van der Waals surface area (Å²) in [5.74, 6) is -0.494. The van der Waals surface area contributed by atoms with Crippen molar-refractivity contribution in [3.05, 3.63) is 39.9 Å². The molecule has 0 aliphatic carbocycles. The van der Waals surface area contributed by atoms with Crippen LogP contribution in [0.2, 0.25) is 0 Å². The third kappa shape index (κ3) is 4.48. The molecule has 21 heavy (non-hydrogen) atoms. The highest BCUT2D eigenvalue weighted by Gasteiger charge is 2.31. The number of hydrogen-bond donors (Lipinski definition) is 2. The van der Waals surface area contributed by atoms with Crippen LogP contribution in [-0.2, 0) is 15.8 Å². The maximum absolute atomic E-state index is 12.2. The van der Waals surface area contributed by atoms with E-state index in [4.69, 9.17) is 0 Å². The summed E-state index contributed by atoms with van der Waals surface area (Å²) < 4.78 is 26.9. The molecule has 0 aromatic heterocycles. The summed E-state index contributed by atoms with van der Waals surface area (Å²) in [7, 11) is -3.80. The van der Waals surface area contributed by atoms with Crippen molar-refractivity contribution >= 4 is 15.7 Å². The van der Waals surface area contributed by atoms with Gasteiger partial charge in [-0.3, -0.25) is 10.1 Å². The van der Waals surface area contributed by atoms with Crippen LogP contribution in [-0.4, -0.2) is 30.6 Å². The molecule has 0 unspecified atom stereocenters. The summed E-state index contributed by atoms with van der Waals surface area (Å²) >= 11 is 0. The van der Waals surface area contributed by atoms with Crippen LogP contribution in [0, 0.1) is 10.1 Å². The van der Waals surface area contributed by atoms with Gasteiger partial charge < -0.3 is 5.11 Å². The molecule has 0 heterocycles. The van der Waals surface area contributed by atoms with E-state index in [1.54, 1.807) is 19.9 Å². The number of aliphatic hydroxyl groups excluding tert-OH is 1. The fourth-order valence-corrected chi connectivity index (χ4v) is 3.77. The first-order valence-electron chi connectivity index (χ1n) is 6.64. The fourth-order valence-electron chi connectivity index (χ4n) is 2.03. The van der Waals surface area contributed by atoms with Gasteiger partial charge in [-0.2, -0.15) is 0 Å². The monoisotopic (exact) mass is 316 g/mol. The predicted molar refractivity (Wildman–Crippen MR) is 79.3 cm³/mol. The summed E-state index contributed by atoms with van der Waals surface area (Å²) in [6.07, 6.45) is 0.853. The van der Waals surface area contributed by atoms with Crippen molar-refractivity contribution < 1.29 is 18.4 Å². The Labute approximate surface area is 124 Å². The number of benzene rings is 1. The smallest absolute Gasteiger partial charge is 0.273 e. The fraction of sp³-hybridized carbons (Fsp3) is 0.538. The van der Waals surface area contributed by atoms with Crippen LogP contribution in [0.15, 0.2) is 24.3 Å². The van der Waals surface area contributed by atoms with E-state index in [0.29, 0.717) is 12.8 Å². The van der Waals surface area contributed by atoms with Gasteiger partial charge in [0.05, 0.1) is 22.8 Å². The predicted octanol–water partition coefficient (Wildman–Crippen LogP) is 1.57. The Kier molecular flexibility index (Phi) is 5.82. The van der Waals surface area contributed by atoms with Gasteiger partial charge in [0.2, 0.25) is 10.0 Å². The maximum atomic E-state index is 12.2. The second kappa shape index (κ2) is 6.97. The first-order chi connectivity index (χ1) is 9.79. The lowest BCUT2D eigenvalue weighted by molar-refractivity contribution is -0.385. The first-order valence-corrected chi connectivity index (χ1v) is 8.29. The molecule has 0 spiro atoms. The summed E-state index contributed by atoms with van der Waals surface area (Å²) in [6, 6.07) is 5.72. The van der Waals surface area contributed by atoms with Crippen molar-refractivity contribution in [3.63, 3.8) is 0 Å². The molecule has 8 heteroatoms. The minimum atomic E-state index is -3.80. The van der Waals surface area contributed by atoms with Crippen LogP contribution in [0.4, 0.5) is 5.69 Å². The SMILES string of the molecule is CCC(CC)(CO)NS(=O)(=O)Cc1ccccc1[N+](=O)[O-]. The zero-order valence-corrected chi connectivity index (χ0v) is 12.9. The number of nitro groups is 1. The van der Waals surface area contributed by atoms with E-state index in [2.05, 4.69) is 4.72 Å². The molecular formula is C13H20N2O5S. The molecule has 0 atom stereocenters. The van der Waals surface area contributed by atoms with Crippen LogP contribution in [0.3, 0.4) is 0 Å². The number of rotatable bonds is 8. The number of nitrogens with zero attached hydrogens (tertiary/aromatic N) is 1. The zero-order valence-electron chi connectivity index (χ0n) is 12.1. The zero-order chi connectivity index (χ0) is 16.1. The van der Waals surface area contributed by atoms with Crippen LogP contribution >= 0.6 is 0 Å². The Bertz CT molecular complexity index is 588. The van der Waals surface area contributed by atoms with Gasteiger partial charge >= 0.3 is 0 Å². The van der Waals surface area contributed by atoms with Crippen molar-refractivity contribution in [1.29, 1.82) is 0 Å². The molecule has 0 saturated carbocycles. The van der Waals surface area contributed by atoms with Crippen molar-refractivity contribution in [3.8, 4) is 0 Å². The first kappa shape index (κ1) is 17.5. The topological polar surface area (TPSA) is 110 Å². The molecule has 2 N–H and O–H groups in total. The molecule has 118 valence electrons. The molecule has 1 aromatic rings. The Morgan fingerprint density at radius 3 is 2.33 bits per heavy atom. The Hall–Kier alpha value is -1.51. The minimum absolute atomic E-state index is 0.119. The summed E-state index contributed by atoms with van der Waals surface area (Å²) in [6.45, 7) is 3.22. The van der Waals surface area contributed by atoms with E-state index in [9.17, 15) is 23.6 Å². The lowest BCUT2D eigenvalue weighted by Crippen LogP contribution is -2.50. The normalized spacial score (nSPS) is 12.3. The largest absolute Gasteiger partial charge is 0.394 e. The van der Waals surface area contributed by atoms with E-state index in [1.165, 1.54) is 18.2 Å². The second-order valence-corrected chi connectivity index (χ2v) is 6.61. The van der Waals surface area contributed by atoms with E-state index >= 15 is 0 Å². The molecule has 0 radical (unpaired) electrons. The lowest BCUT2D eigenvalue weighted by atomic mass is 9.96. The number of nitrogens with one attached hydrogen (secondary N) is 1. The van der Waals surface area contributed by atoms with Crippen LogP contribution in [0.25, 0.3) is 0 Å². The van der Waals surface area contributed by atoms with Crippen molar-refractivity contribution in [2.75, 3.05) is 6.61 Å². The third-order valence-electron chi connectivity index (χ3n) is 3.56. The number of nitro benzene ring substituents is 1. The molecule has 7 nitrogen and oxygen atoms in total. The van der Waals surface area contributed by atoms with Gasteiger partial charge in [0.15, 0.2) is 0 Å². The molecule has 0 amide bonds. The van der Waals surface area contributed by atoms with E-state index < -0.39 is 26.2 Å². The number of aliphatic hydroxyl groups is 1. The van der Waals surface area contributed by atoms with Gasteiger partial charge in [0.1, 0.15) is 0 Å². The highest BCUT2D eigenvalue weighted by molar-refractivity contribution is 7.88. The molecule has 0 fully saturated rings. The highest BCUT2D eigenvalue weighted by atomic mass is 32.2. The molecule has 0 bridgehead atoms. The summed E-state index contributed by atoms with van der Waals surface area (Å²) in [5, 5.41) is 20.3. The second-order valence-electron chi connectivity index (χ2n) is 4.89. The Morgan fingerprint density at radius 1 is 1.29 bits per heavy atom. The van der Waals surface area contributed by atoms with Crippen molar-refractivity contribution in [1.82, 2.24) is 4.72 Å². The average molecular weight is 316 g/mol. The van der Waals surface area contributed by atoms with Crippen LogP contribution < -0.4 is 4.72 Å². The molecule has 0 saturated heterocycles. The Balaban J connectivity index is 3.04. The summed E-state index contributed by atoms with van der Waals surface area (Å²) in [4.78, 5) is 10.3. The van der Waals surface area contributed by atoms with Gasteiger partial charge in [-0.05, 0) is 12.8 Å². The van der Waals surface area contributed by atoms with Gasteiger partial charge in [0, 0.05) is 11.6 Å². The van der Waals surface area contributed by atoms with E-state index in [0.717, 1.165) is 0 Å². The molecule has 0 aliphatic rings. The van der Waals surface area contributed by atoms with E-state index in [-0.39, 0.29) is 17.9 Å². The van der Waals surface area contributed by atoms with Gasteiger partial charge in [-0.1, -0.05) is 32.0 Å². The van der Waals surface area contributed by atoms with Crippen molar-refractivity contribution in [2.24, 2.45) is 0 Å². The van der Waals surface area contributed by atoms with Gasteiger partial charge in [-0.15, -0.1) is 0 Å². The van der Waals surface area contributed by atoms with Gasteiger partial charge in [0.25, 0.3) is 5.69 Å². The van der Waals surface area contributed by atoms with E-state index in [1.807, 2.05) is 0 Å².